The zero-order chi connectivity index (χ0) is 13.4. The van der Waals surface area contributed by atoms with Crippen molar-refractivity contribution in [3.05, 3.63) is 64.7 Å². The van der Waals surface area contributed by atoms with Gasteiger partial charge >= 0.3 is 0 Å². The van der Waals surface area contributed by atoms with Gasteiger partial charge in [0.05, 0.1) is 5.69 Å². The second kappa shape index (κ2) is 4.57. The summed E-state index contributed by atoms with van der Waals surface area (Å²) in [6, 6.07) is 9.51. The predicted octanol–water partition coefficient (Wildman–Crippen LogP) is 4.34. The Labute approximate surface area is 110 Å². The summed E-state index contributed by atoms with van der Waals surface area (Å²) in [5, 5.41) is 0. The zero-order valence-electron chi connectivity index (χ0n) is 10.6. The van der Waals surface area contributed by atoms with E-state index in [4.69, 9.17) is 0 Å². The lowest BCUT2D eigenvalue weighted by atomic mass is 10.0. The SMILES string of the molecule is Cc1cccc2c1C(=Nc1cc(F)cc(F)c1)CC2. The summed E-state index contributed by atoms with van der Waals surface area (Å²) in [7, 11) is 0. The van der Waals surface area contributed by atoms with Crippen molar-refractivity contribution in [3.63, 3.8) is 0 Å². The monoisotopic (exact) mass is 257 g/mol. The van der Waals surface area contributed by atoms with Crippen LogP contribution in [0.5, 0.6) is 0 Å². The molecule has 3 heteroatoms. The number of halogens is 2. The molecule has 0 spiro atoms. The smallest absolute Gasteiger partial charge is 0.128 e. The summed E-state index contributed by atoms with van der Waals surface area (Å²) < 4.78 is 26.3. The molecular weight excluding hydrogens is 244 g/mol. The number of nitrogens with zero attached hydrogens (tertiary/aromatic N) is 1. The summed E-state index contributed by atoms with van der Waals surface area (Å²) in [4.78, 5) is 4.42. The van der Waals surface area contributed by atoms with Crippen molar-refractivity contribution in [2.24, 2.45) is 4.99 Å². The van der Waals surface area contributed by atoms with Crippen LogP contribution in [-0.4, -0.2) is 5.71 Å². The first kappa shape index (κ1) is 12.0. The molecule has 0 unspecified atom stereocenters. The van der Waals surface area contributed by atoms with Crippen molar-refractivity contribution in [3.8, 4) is 0 Å². The van der Waals surface area contributed by atoms with E-state index in [1.54, 1.807) is 0 Å². The number of hydrogen-bond donors (Lipinski definition) is 0. The van der Waals surface area contributed by atoms with Crippen molar-refractivity contribution < 1.29 is 8.78 Å². The van der Waals surface area contributed by atoms with Gasteiger partial charge in [0, 0.05) is 17.3 Å². The summed E-state index contributed by atoms with van der Waals surface area (Å²) >= 11 is 0. The fourth-order valence-corrected chi connectivity index (χ4v) is 2.60. The molecule has 2 aromatic rings. The van der Waals surface area contributed by atoms with Gasteiger partial charge in [-0.2, -0.15) is 0 Å². The number of aliphatic imine (C=N–C) groups is 1. The summed E-state index contributed by atoms with van der Waals surface area (Å²) in [6.45, 7) is 2.03. The van der Waals surface area contributed by atoms with Crippen LogP contribution in [0.15, 0.2) is 41.4 Å². The molecule has 0 aliphatic heterocycles. The van der Waals surface area contributed by atoms with Crippen LogP contribution in [0.3, 0.4) is 0 Å². The largest absolute Gasteiger partial charge is 0.253 e. The Kier molecular flexibility index (Phi) is 2.90. The highest BCUT2D eigenvalue weighted by atomic mass is 19.1. The zero-order valence-corrected chi connectivity index (χ0v) is 10.6. The Balaban J connectivity index is 2.08. The van der Waals surface area contributed by atoms with Crippen molar-refractivity contribution >= 4 is 11.4 Å². The van der Waals surface area contributed by atoms with Crippen LogP contribution in [-0.2, 0) is 6.42 Å². The molecule has 1 aliphatic carbocycles. The molecule has 1 aliphatic rings. The fourth-order valence-electron chi connectivity index (χ4n) is 2.60. The van der Waals surface area contributed by atoms with Crippen molar-refractivity contribution in [2.45, 2.75) is 19.8 Å². The number of rotatable bonds is 1. The van der Waals surface area contributed by atoms with Crippen LogP contribution in [0.25, 0.3) is 0 Å². The van der Waals surface area contributed by atoms with Gasteiger partial charge in [-0.15, -0.1) is 0 Å². The van der Waals surface area contributed by atoms with Gasteiger partial charge in [0.1, 0.15) is 11.6 Å². The number of benzene rings is 2. The van der Waals surface area contributed by atoms with Crippen molar-refractivity contribution in [1.29, 1.82) is 0 Å². The highest BCUT2D eigenvalue weighted by Gasteiger charge is 2.19. The molecule has 96 valence electrons. The lowest BCUT2D eigenvalue weighted by Crippen LogP contribution is -1.97. The molecule has 0 amide bonds. The van der Waals surface area contributed by atoms with Crippen LogP contribution >= 0.6 is 0 Å². The highest BCUT2D eigenvalue weighted by Crippen LogP contribution is 2.28. The maximum atomic E-state index is 13.2. The van der Waals surface area contributed by atoms with Crippen LogP contribution in [0.2, 0.25) is 0 Å². The molecule has 0 N–H and O–H groups in total. The molecule has 0 heterocycles. The van der Waals surface area contributed by atoms with Gasteiger partial charge in [-0.3, -0.25) is 4.99 Å². The Hall–Kier alpha value is -2.03. The van der Waals surface area contributed by atoms with E-state index < -0.39 is 11.6 Å². The van der Waals surface area contributed by atoms with E-state index in [9.17, 15) is 8.78 Å². The van der Waals surface area contributed by atoms with Gasteiger partial charge in [0.2, 0.25) is 0 Å². The van der Waals surface area contributed by atoms with E-state index >= 15 is 0 Å². The van der Waals surface area contributed by atoms with E-state index in [1.807, 2.05) is 19.1 Å². The molecule has 0 aromatic heterocycles. The van der Waals surface area contributed by atoms with Crippen LogP contribution in [0.4, 0.5) is 14.5 Å². The molecule has 2 aromatic carbocycles. The lowest BCUT2D eigenvalue weighted by molar-refractivity contribution is 0.584. The highest BCUT2D eigenvalue weighted by molar-refractivity contribution is 6.06. The minimum atomic E-state index is -0.595. The topological polar surface area (TPSA) is 12.4 Å². The van der Waals surface area contributed by atoms with Gasteiger partial charge in [0.25, 0.3) is 0 Å². The van der Waals surface area contributed by atoms with Crippen molar-refractivity contribution in [1.82, 2.24) is 0 Å². The van der Waals surface area contributed by atoms with E-state index in [0.29, 0.717) is 5.69 Å². The average molecular weight is 257 g/mol. The van der Waals surface area contributed by atoms with Crippen LogP contribution in [0.1, 0.15) is 23.1 Å². The molecule has 0 fully saturated rings. The first-order valence-corrected chi connectivity index (χ1v) is 6.26. The van der Waals surface area contributed by atoms with E-state index in [-0.39, 0.29) is 0 Å². The molecule has 0 saturated carbocycles. The number of fused-ring (bicyclic) bond motifs is 1. The standard InChI is InChI=1S/C16H13F2N/c1-10-3-2-4-11-5-6-15(16(10)11)19-14-8-12(17)7-13(18)9-14/h2-4,7-9H,5-6H2,1H3. The Bertz CT molecular complexity index is 654. The Morgan fingerprint density at radius 1 is 1.00 bits per heavy atom. The minimum Gasteiger partial charge on any atom is -0.253 e. The third kappa shape index (κ3) is 2.28. The molecule has 1 nitrogen and oxygen atoms in total. The Morgan fingerprint density at radius 2 is 1.74 bits per heavy atom. The normalized spacial score (nSPS) is 15.8. The summed E-state index contributed by atoms with van der Waals surface area (Å²) in [5.74, 6) is -1.19. The Morgan fingerprint density at radius 3 is 2.47 bits per heavy atom. The van der Waals surface area contributed by atoms with E-state index in [2.05, 4.69) is 11.1 Å². The van der Waals surface area contributed by atoms with Crippen LogP contribution in [0, 0.1) is 18.6 Å². The van der Waals surface area contributed by atoms with Gasteiger partial charge in [-0.05, 0) is 43.0 Å². The minimum absolute atomic E-state index is 0.337. The van der Waals surface area contributed by atoms with Gasteiger partial charge in [-0.25, -0.2) is 8.78 Å². The van der Waals surface area contributed by atoms with E-state index in [1.165, 1.54) is 17.7 Å². The van der Waals surface area contributed by atoms with Gasteiger partial charge in [0.15, 0.2) is 0 Å². The molecule has 0 saturated heterocycles. The molecule has 0 radical (unpaired) electrons. The first-order valence-electron chi connectivity index (χ1n) is 6.26. The predicted molar refractivity (Wildman–Crippen MR) is 72.1 cm³/mol. The molecule has 3 rings (SSSR count). The summed E-state index contributed by atoms with van der Waals surface area (Å²) in [6.07, 6.45) is 1.76. The fraction of sp³-hybridized carbons (Fsp3) is 0.188. The number of aryl methyl sites for hydroxylation is 2. The second-order valence-corrected chi connectivity index (χ2v) is 4.80. The lowest BCUT2D eigenvalue weighted by Gasteiger charge is -2.05. The quantitative estimate of drug-likeness (QED) is 0.720. The van der Waals surface area contributed by atoms with Crippen LogP contribution < -0.4 is 0 Å². The van der Waals surface area contributed by atoms with Gasteiger partial charge in [-0.1, -0.05) is 18.2 Å². The van der Waals surface area contributed by atoms with Gasteiger partial charge < -0.3 is 0 Å². The molecule has 0 bridgehead atoms. The maximum absolute atomic E-state index is 13.2. The molecule has 19 heavy (non-hydrogen) atoms. The third-order valence-corrected chi connectivity index (χ3v) is 3.39. The van der Waals surface area contributed by atoms with Crippen molar-refractivity contribution in [2.75, 3.05) is 0 Å². The maximum Gasteiger partial charge on any atom is 0.128 e. The summed E-state index contributed by atoms with van der Waals surface area (Å²) in [5.41, 5.74) is 4.80. The molecule has 0 atom stereocenters. The second-order valence-electron chi connectivity index (χ2n) is 4.80. The number of hydrogen-bond acceptors (Lipinski definition) is 1. The first-order chi connectivity index (χ1) is 9.13. The molecular formula is C16H13F2N. The average Bonchev–Trinajstić information content (AvgIpc) is 2.72. The third-order valence-electron chi connectivity index (χ3n) is 3.39. The van der Waals surface area contributed by atoms with E-state index in [0.717, 1.165) is 35.7 Å².